The maximum absolute atomic E-state index is 11.8. The van der Waals surface area contributed by atoms with Crippen LogP contribution < -0.4 is 5.32 Å². The molecule has 6 nitrogen and oxygen atoms in total. The Kier molecular flexibility index (Phi) is 5.91. The highest BCUT2D eigenvalue weighted by Gasteiger charge is 2.12. The van der Waals surface area contributed by atoms with E-state index in [1.807, 2.05) is 55.5 Å². The van der Waals surface area contributed by atoms with E-state index >= 15 is 0 Å². The lowest BCUT2D eigenvalue weighted by atomic mass is 10.1. The molecule has 0 aliphatic heterocycles. The number of amides is 1. The predicted molar refractivity (Wildman–Crippen MR) is 98.7 cm³/mol. The molecule has 26 heavy (non-hydrogen) atoms. The van der Waals surface area contributed by atoms with Gasteiger partial charge in [0.25, 0.3) is 11.1 Å². The van der Waals surface area contributed by atoms with Gasteiger partial charge >= 0.3 is 5.97 Å². The Labute approximate surface area is 154 Å². The molecule has 0 fully saturated rings. The highest BCUT2D eigenvalue weighted by molar-refractivity contribution is 7.99. The number of esters is 1. The van der Waals surface area contributed by atoms with E-state index < -0.39 is 5.97 Å². The summed E-state index contributed by atoms with van der Waals surface area (Å²) in [4.78, 5) is 27.8. The van der Waals surface area contributed by atoms with E-state index in [4.69, 9.17) is 9.15 Å². The van der Waals surface area contributed by atoms with E-state index in [2.05, 4.69) is 10.3 Å². The Balaban J connectivity index is 1.39. The van der Waals surface area contributed by atoms with Crippen LogP contribution in [-0.2, 0) is 20.9 Å². The highest BCUT2D eigenvalue weighted by atomic mass is 32.2. The molecule has 1 N–H and O–H groups in total. The fraction of sp³-hybridized carbons (Fsp3) is 0.211. The Morgan fingerprint density at radius 3 is 2.73 bits per heavy atom. The van der Waals surface area contributed by atoms with Crippen LogP contribution in [0, 0.1) is 6.92 Å². The molecular formula is C19H18N2O4S. The van der Waals surface area contributed by atoms with Crippen LogP contribution in [0.25, 0.3) is 11.1 Å². The van der Waals surface area contributed by atoms with Crippen molar-refractivity contribution in [2.45, 2.75) is 18.7 Å². The van der Waals surface area contributed by atoms with Gasteiger partial charge in [0.1, 0.15) is 11.3 Å². The summed E-state index contributed by atoms with van der Waals surface area (Å²) < 4.78 is 10.5. The van der Waals surface area contributed by atoms with Gasteiger partial charge in [-0.05, 0) is 30.2 Å². The van der Waals surface area contributed by atoms with Crippen LogP contribution in [-0.4, -0.2) is 29.2 Å². The van der Waals surface area contributed by atoms with Crippen molar-refractivity contribution in [3.05, 3.63) is 59.7 Å². The van der Waals surface area contributed by atoms with Crippen molar-refractivity contribution in [1.82, 2.24) is 10.3 Å². The summed E-state index contributed by atoms with van der Waals surface area (Å²) in [5, 5.41) is 3.13. The van der Waals surface area contributed by atoms with Gasteiger partial charge in [0.15, 0.2) is 12.2 Å². The summed E-state index contributed by atoms with van der Waals surface area (Å²) in [7, 11) is 0. The SMILES string of the molecule is Cc1ccccc1CNC(=O)COC(=O)CSc1nc2ccccc2o1. The zero-order chi connectivity index (χ0) is 18.4. The van der Waals surface area contributed by atoms with Gasteiger partial charge in [-0.1, -0.05) is 48.2 Å². The van der Waals surface area contributed by atoms with Gasteiger partial charge < -0.3 is 14.5 Å². The molecule has 7 heteroatoms. The molecule has 0 atom stereocenters. The third-order valence-corrected chi connectivity index (χ3v) is 4.49. The number of oxazole rings is 1. The molecule has 1 aromatic heterocycles. The summed E-state index contributed by atoms with van der Waals surface area (Å²) in [6.07, 6.45) is 0. The zero-order valence-electron chi connectivity index (χ0n) is 14.2. The normalized spacial score (nSPS) is 10.7. The van der Waals surface area contributed by atoms with Crippen LogP contribution >= 0.6 is 11.8 Å². The summed E-state index contributed by atoms with van der Waals surface area (Å²) in [6.45, 7) is 2.07. The molecule has 0 saturated carbocycles. The van der Waals surface area contributed by atoms with Gasteiger partial charge in [0, 0.05) is 6.54 Å². The number of para-hydroxylation sites is 2. The van der Waals surface area contributed by atoms with Crippen molar-refractivity contribution in [3.63, 3.8) is 0 Å². The Morgan fingerprint density at radius 2 is 1.92 bits per heavy atom. The van der Waals surface area contributed by atoms with Gasteiger partial charge in [-0.2, -0.15) is 0 Å². The number of thioether (sulfide) groups is 1. The topological polar surface area (TPSA) is 81.4 Å². The van der Waals surface area contributed by atoms with E-state index in [-0.39, 0.29) is 18.3 Å². The number of aryl methyl sites for hydroxylation is 1. The van der Waals surface area contributed by atoms with Crippen LogP contribution in [0.1, 0.15) is 11.1 Å². The summed E-state index contributed by atoms with van der Waals surface area (Å²) in [6, 6.07) is 15.1. The Morgan fingerprint density at radius 1 is 1.15 bits per heavy atom. The van der Waals surface area contributed by atoms with Gasteiger partial charge in [-0.3, -0.25) is 9.59 Å². The molecular weight excluding hydrogens is 352 g/mol. The second kappa shape index (κ2) is 8.53. The van der Waals surface area contributed by atoms with Gasteiger partial charge in [0.2, 0.25) is 0 Å². The molecule has 1 heterocycles. The number of fused-ring (bicyclic) bond motifs is 1. The van der Waals surface area contributed by atoms with Gasteiger partial charge in [-0.15, -0.1) is 0 Å². The first-order chi connectivity index (χ1) is 12.6. The van der Waals surface area contributed by atoms with Crippen LogP contribution in [0.5, 0.6) is 0 Å². The predicted octanol–water partition coefficient (Wildman–Crippen LogP) is 3.09. The highest BCUT2D eigenvalue weighted by Crippen LogP contribution is 2.23. The van der Waals surface area contributed by atoms with Crippen LogP contribution in [0.15, 0.2) is 58.2 Å². The van der Waals surface area contributed by atoms with Gasteiger partial charge in [0.05, 0.1) is 0 Å². The molecule has 0 saturated heterocycles. The molecule has 1 amide bonds. The number of nitrogens with one attached hydrogen (secondary N) is 1. The second-order valence-electron chi connectivity index (χ2n) is 5.60. The molecule has 2 aromatic carbocycles. The molecule has 0 aliphatic carbocycles. The molecule has 3 rings (SSSR count). The molecule has 3 aromatic rings. The van der Waals surface area contributed by atoms with Crippen molar-refractivity contribution < 1.29 is 18.7 Å². The maximum Gasteiger partial charge on any atom is 0.316 e. The number of ether oxygens (including phenoxy) is 1. The molecule has 0 radical (unpaired) electrons. The lowest BCUT2D eigenvalue weighted by Crippen LogP contribution is -2.28. The van der Waals surface area contributed by atoms with E-state index in [1.54, 1.807) is 0 Å². The molecule has 0 bridgehead atoms. The number of carbonyl (C=O) groups excluding carboxylic acids is 2. The average molecular weight is 370 g/mol. The Hall–Kier alpha value is -2.80. The fourth-order valence-corrected chi connectivity index (χ4v) is 2.91. The fourth-order valence-electron chi connectivity index (χ4n) is 2.27. The number of hydrogen-bond donors (Lipinski definition) is 1. The first-order valence-corrected chi connectivity index (χ1v) is 9.05. The largest absolute Gasteiger partial charge is 0.455 e. The lowest BCUT2D eigenvalue weighted by Gasteiger charge is -2.08. The van der Waals surface area contributed by atoms with E-state index in [9.17, 15) is 9.59 Å². The van der Waals surface area contributed by atoms with Crippen LogP contribution in [0.4, 0.5) is 0 Å². The average Bonchev–Trinajstić information content (AvgIpc) is 3.07. The van der Waals surface area contributed by atoms with Crippen molar-refractivity contribution in [2.75, 3.05) is 12.4 Å². The Bertz CT molecular complexity index is 890. The molecule has 0 aliphatic rings. The molecule has 0 spiro atoms. The molecule has 0 unspecified atom stereocenters. The van der Waals surface area contributed by atoms with Crippen molar-refractivity contribution >= 4 is 34.7 Å². The van der Waals surface area contributed by atoms with Crippen LogP contribution in [0.3, 0.4) is 0 Å². The number of carbonyl (C=O) groups is 2. The van der Waals surface area contributed by atoms with E-state index in [0.29, 0.717) is 17.4 Å². The minimum atomic E-state index is -0.497. The zero-order valence-corrected chi connectivity index (χ0v) is 15.0. The van der Waals surface area contributed by atoms with E-state index in [0.717, 1.165) is 28.4 Å². The summed E-state index contributed by atoms with van der Waals surface area (Å²) >= 11 is 1.13. The molecule has 134 valence electrons. The third-order valence-electron chi connectivity index (χ3n) is 3.69. The minimum absolute atomic E-state index is 0.0257. The minimum Gasteiger partial charge on any atom is -0.455 e. The first-order valence-electron chi connectivity index (χ1n) is 8.07. The number of benzene rings is 2. The number of nitrogens with zero attached hydrogens (tertiary/aromatic N) is 1. The van der Waals surface area contributed by atoms with Crippen molar-refractivity contribution in [2.24, 2.45) is 0 Å². The number of hydrogen-bond acceptors (Lipinski definition) is 6. The van der Waals surface area contributed by atoms with Crippen molar-refractivity contribution in [1.29, 1.82) is 0 Å². The van der Waals surface area contributed by atoms with Crippen molar-refractivity contribution in [3.8, 4) is 0 Å². The van der Waals surface area contributed by atoms with Gasteiger partial charge in [-0.25, -0.2) is 4.98 Å². The summed E-state index contributed by atoms with van der Waals surface area (Å²) in [5.74, 6) is -0.811. The smallest absolute Gasteiger partial charge is 0.316 e. The maximum atomic E-state index is 11.8. The second-order valence-corrected chi connectivity index (χ2v) is 6.53. The number of rotatable bonds is 7. The van der Waals surface area contributed by atoms with E-state index in [1.165, 1.54) is 0 Å². The van der Waals surface area contributed by atoms with Crippen LogP contribution in [0.2, 0.25) is 0 Å². The third kappa shape index (κ3) is 4.86. The lowest BCUT2D eigenvalue weighted by molar-refractivity contribution is -0.145. The first kappa shape index (κ1) is 18.0. The number of aromatic nitrogens is 1. The monoisotopic (exact) mass is 370 g/mol. The summed E-state index contributed by atoms with van der Waals surface area (Å²) in [5.41, 5.74) is 3.52. The quantitative estimate of drug-likeness (QED) is 0.508. The standard InChI is InChI=1S/C19H18N2O4S/c1-13-6-2-3-7-14(13)10-20-17(22)11-24-18(23)12-26-19-21-15-8-4-5-9-16(15)25-19/h2-9H,10-12H2,1H3,(H,20,22).